The number of halogens is 2. The summed E-state index contributed by atoms with van der Waals surface area (Å²) in [5, 5.41) is 9.13. The van der Waals surface area contributed by atoms with Crippen molar-refractivity contribution in [3.8, 4) is 10.7 Å². The van der Waals surface area contributed by atoms with Gasteiger partial charge in [-0.25, -0.2) is 4.98 Å². The molecule has 1 aliphatic heterocycles. The van der Waals surface area contributed by atoms with Gasteiger partial charge in [0.1, 0.15) is 5.01 Å². The Morgan fingerprint density at radius 2 is 2.25 bits per heavy atom. The lowest BCUT2D eigenvalue weighted by Crippen LogP contribution is -2.27. The van der Waals surface area contributed by atoms with E-state index in [0.29, 0.717) is 12.3 Å². The van der Waals surface area contributed by atoms with E-state index in [1.165, 1.54) is 17.8 Å². The first kappa shape index (κ1) is 20.8. The van der Waals surface area contributed by atoms with Crippen LogP contribution in [0.1, 0.15) is 18.5 Å². The van der Waals surface area contributed by atoms with Crippen molar-refractivity contribution in [2.75, 3.05) is 19.6 Å². The highest BCUT2D eigenvalue weighted by Crippen LogP contribution is 2.21. The lowest BCUT2D eigenvalue weighted by molar-refractivity contribution is -0.120. The Morgan fingerprint density at radius 1 is 1.38 bits per heavy atom. The number of hydrogen-bond acceptors (Lipinski definition) is 5. The van der Waals surface area contributed by atoms with Gasteiger partial charge < -0.3 is 10.6 Å². The highest BCUT2D eigenvalue weighted by atomic mass is 35.5. The van der Waals surface area contributed by atoms with Crippen LogP contribution in [0, 0.1) is 5.92 Å². The summed E-state index contributed by atoms with van der Waals surface area (Å²) in [4.78, 5) is 20.7. The van der Waals surface area contributed by atoms with Crippen LogP contribution < -0.4 is 10.6 Å². The van der Waals surface area contributed by atoms with Crippen molar-refractivity contribution in [2.45, 2.75) is 19.3 Å². The minimum absolute atomic E-state index is 0. The van der Waals surface area contributed by atoms with E-state index in [4.69, 9.17) is 0 Å². The molecular formula is C16H22Cl2N4OS. The summed E-state index contributed by atoms with van der Waals surface area (Å²) in [5.41, 5.74) is 1.67. The Hall–Kier alpha value is -1.21. The van der Waals surface area contributed by atoms with Crippen LogP contribution >= 0.6 is 36.2 Å². The van der Waals surface area contributed by atoms with E-state index < -0.39 is 0 Å². The summed E-state index contributed by atoms with van der Waals surface area (Å²) in [6.45, 7) is 2.94. The predicted molar refractivity (Wildman–Crippen MR) is 102 cm³/mol. The van der Waals surface area contributed by atoms with E-state index in [2.05, 4.69) is 20.6 Å². The highest BCUT2D eigenvalue weighted by Gasteiger charge is 2.14. The largest absolute Gasteiger partial charge is 0.356 e. The zero-order chi connectivity index (χ0) is 15.2. The maximum atomic E-state index is 12.0. The van der Waals surface area contributed by atoms with Crippen molar-refractivity contribution in [1.82, 2.24) is 20.6 Å². The second-order valence-corrected chi connectivity index (χ2v) is 6.39. The Morgan fingerprint density at radius 3 is 2.96 bits per heavy atom. The molecule has 8 heteroatoms. The summed E-state index contributed by atoms with van der Waals surface area (Å²) in [6, 6.07) is 5.75. The summed E-state index contributed by atoms with van der Waals surface area (Å²) in [6.07, 6.45) is 4.36. The molecule has 1 atom stereocenters. The van der Waals surface area contributed by atoms with Gasteiger partial charge in [0.25, 0.3) is 0 Å². The molecule has 1 unspecified atom stereocenters. The van der Waals surface area contributed by atoms with Gasteiger partial charge in [0.15, 0.2) is 0 Å². The fourth-order valence-electron chi connectivity index (χ4n) is 2.60. The van der Waals surface area contributed by atoms with Crippen LogP contribution in [-0.4, -0.2) is 35.5 Å². The minimum Gasteiger partial charge on any atom is -0.356 e. The molecule has 0 spiro atoms. The number of nitrogens with zero attached hydrogens (tertiary/aromatic N) is 2. The van der Waals surface area contributed by atoms with Gasteiger partial charge in [-0.1, -0.05) is 6.07 Å². The number of aromatic nitrogens is 2. The molecule has 0 radical (unpaired) electrons. The maximum absolute atomic E-state index is 12.0. The van der Waals surface area contributed by atoms with Crippen molar-refractivity contribution in [1.29, 1.82) is 0 Å². The minimum atomic E-state index is 0. The highest BCUT2D eigenvalue weighted by molar-refractivity contribution is 7.13. The fraction of sp³-hybridized carbons (Fsp3) is 0.438. The molecule has 2 aromatic heterocycles. The number of carbonyl (C=O) groups excluding carboxylic acids is 1. The molecule has 2 aromatic rings. The van der Waals surface area contributed by atoms with Gasteiger partial charge in [-0.15, -0.1) is 36.2 Å². The fourth-order valence-corrected chi connectivity index (χ4v) is 3.39. The van der Waals surface area contributed by atoms with Crippen LogP contribution in [0.5, 0.6) is 0 Å². The lowest BCUT2D eigenvalue weighted by Gasteiger charge is -2.08. The summed E-state index contributed by atoms with van der Waals surface area (Å²) < 4.78 is 0. The number of hydrogen-bond donors (Lipinski definition) is 2. The van der Waals surface area contributed by atoms with Crippen LogP contribution in [0.2, 0.25) is 0 Å². The number of nitrogens with one attached hydrogen (secondary N) is 2. The Kier molecular flexibility index (Phi) is 9.21. The molecule has 132 valence electrons. The van der Waals surface area contributed by atoms with Crippen molar-refractivity contribution < 1.29 is 4.79 Å². The number of rotatable bonds is 6. The molecule has 3 rings (SSSR count). The molecule has 5 nitrogen and oxygen atoms in total. The number of amides is 1. The van der Waals surface area contributed by atoms with Crippen LogP contribution in [0.25, 0.3) is 10.7 Å². The van der Waals surface area contributed by atoms with Crippen LogP contribution in [0.4, 0.5) is 0 Å². The smallest absolute Gasteiger partial charge is 0.226 e. The van der Waals surface area contributed by atoms with E-state index >= 15 is 0 Å². The topological polar surface area (TPSA) is 66.9 Å². The summed E-state index contributed by atoms with van der Waals surface area (Å²) in [5.74, 6) is 0.749. The molecule has 1 aliphatic rings. The van der Waals surface area contributed by atoms with E-state index in [1.54, 1.807) is 6.20 Å². The van der Waals surface area contributed by atoms with Crippen molar-refractivity contribution in [3.05, 3.63) is 35.5 Å². The summed E-state index contributed by atoms with van der Waals surface area (Å²) >= 11 is 1.53. The van der Waals surface area contributed by atoms with Crippen molar-refractivity contribution in [3.63, 3.8) is 0 Å². The summed E-state index contributed by atoms with van der Waals surface area (Å²) in [7, 11) is 0. The molecule has 3 heterocycles. The average molecular weight is 389 g/mol. The molecular weight excluding hydrogens is 367 g/mol. The second kappa shape index (κ2) is 10.6. The molecule has 1 saturated heterocycles. The Bertz CT molecular complexity index is 618. The van der Waals surface area contributed by atoms with Crippen LogP contribution in [-0.2, 0) is 11.2 Å². The molecule has 0 aliphatic carbocycles. The van der Waals surface area contributed by atoms with Gasteiger partial charge in [-0.3, -0.25) is 9.78 Å². The van der Waals surface area contributed by atoms with Crippen molar-refractivity contribution >= 4 is 42.1 Å². The van der Waals surface area contributed by atoms with Gasteiger partial charge in [0.05, 0.1) is 17.8 Å². The van der Waals surface area contributed by atoms with E-state index in [-0.39, 0.29) is 30.7 Å². The van der Waals surface area contributed by atoms with Gasteiger partial charge in [-0.05, 0) is 44.0 Å². The van der Waals surface area contributed by atoms with Crippen LogP contribution in [0.3, 0.4) is 0 Å². The third-order valence-electron chi connectivity index (χ3n) is 3.81. The zero-order valence-corrected chi connectivity index (χ0v) is 15.7. The van der Waals surface area contributed by atoms with E-state index in [9.17, 15) is 4.79 Å². The molecule has 2 N–H and O–H groups in total. The molecule has 0 bridgehead atoms. The lowest BCUT2D eigenvalue weighted by atomic mass is 10.1. The standard InChI is InChI=1S/C16H20N4OS.2ClH/c21-15(19-8-5-12-4-7-17-10-12)9-13-11-22-16(20-13)14-3-1-2-6-18-14;;/h1-3,6,11-12,17H,4-5,7-10H2,(H,19,21);2*1H. The van der Waals surface area contributed by atoms with Gasteiger partial charge in [-0.2, -0.15) is 0 Å². The molecule has 0 aromatic carbocycles. The first-order valence-electron chi connectivity index (χ1n) is 7.64. The maximum Gasteiger partial charge on any atom is 0.226 e. The quantitative estimate of drug-likeness (QED) is 0.797. The third-order valence-corrected chi connectivity index (χ3v) is 4.73. The number of thiazole rings is 1. The van der Waals surface area contributed by atoms with Gasteiger partial charge in [0, 0.05) is 18.1 Å². The van der Waals surface area contributed by atoms with Gasteiger partial charge in [0.2, 0.25) is 5.91 Å². The molecule has 1 fully saturated rings. The zero-order valence-electron chi connectivity index (χ0n) is 13.2. The second-order valence-electron chi connectivity index (χ2n) is 5.53. The van der Waals surface area contributed by atoms with Crippen LogP contribution in [0.15, 0.2) is 29.8 Å². The normalized spacial score (nSPS) is 16.1. The third kappa shape index (κ3) is 6.02. The van der Waals surface area contributed by atoms with Gasteiger partial charge >= 0.3 is 0 Å². The van der Waals surface area contributed by atoms with E-state index in [0.717, 1.165) is 42.5 Å². The molecule has 24 heavy (non-hydrogen) atoms. The number of carbonyl (C=O) groups is 1. The van der Waals surface area contributed by atoms with E-state index in [1.807, 2.05) is 23.6 Å². The number of pyridine rings is 1. The first-order valence-corrected chi connectivity index (χ1v) is 8.52. The first-order chi connectivity index (χ1) is 10.8. The predicted octanol–water partition coefficient (Wildman–Crippen LogP) is 2.71. The monoisotopic (exact) mass is 388 g/mol. The Labute approximate surface area is 158 Å². The average Bonchev–Trinajstić information content (AvgIpc) is 3.20. The molecule has 0 saturated carbocycles. The SMILES string of the molecule is Cl.Cl.O=C(Cc1csc(-c2ccccn2)n1)NCCC1CCNC1. The molecule has 1 amide bonds. The van der Waals surface area contributed by atoms with Crippen molar-refractivity contribution in [2.24, 2.45) is 5.92 Å². The Balaban J connectivity index is 0.00000144.